The van der Waals surface area contributed by atoms with Gasteiger partial charge in [0.15, 0.2) is 9.84 Å². The number of sulfone groups is 1. The summed E-state index contributed by atoms with van der Waals surface area (Å²) in [5.41, 5.74) is 3.88. The minimum absolute atomic E-state index is 0.0110. The fourth-order valence-electron chi connectivity index (χ4n) is 3.72. The highest BCUT2D eigenvalue weighted by Crippen LogP contribution is 2.39. The number of hydrazine groups is 1. The predicted molar refractivity (Wildman–Crippen MR) is 85.3 cm³/mol. The zero-order valence-corrected chi connectivity index (χ0v) is 13.9. The van der Waals surface area contributed by atoms with E-state index in [0.717, 1.165) is 18.4 Å². The fourth-order valence-corrected chi connectivity index (χ4v) is 4.40. The lowest BCUT2D eigenvalue weighted by Gasteiger charge is -2.36. The molecule has 0 heterocycles. The molecule has 4 nitrogen and oxygen atoms in total. The zero-order chi connectivity index (χ0) is 15.6. The van der Waals surface area contributed by atoms with Gasteiger partial charge in [-0.25, -0.2) is 8.42 Å². The van der Waals surface area contributed by atoms with Gasteiger partial charge >= 0.3 is 0 Å². The average molecular weight is 310 g/mol. The van der Waals surface area contributed by atoms with Gasteiger partial charge in [-0.05, 0) is 54.7 Å². The van der Waals surface area contributed by atoms with Crippen molar-refractivity contribution in [2.45, 2.75) is 44.0 Å². The zero-order valence-electron chi connectivity index (χ0n) is 13.0. The van der Waals surface area contributed by atoms with Gasteiger partial charge in [0.2, 0.25) is 0 Å². The van der Waals surface area contributed by atoms with Gasteiger partial charge in [-0.3, -0.25) is 11.3 Å². The summed E-state index contributed by atoms with van der Waals surface area (Å²) >= 11 is 0. The standard InChI is InChI=1S/C16H26N2O2S/c1-11-7-12(2)9-14(8-11)16(18-17)13-5-4-6-15(10-13)21(3,19)20/h4-6,10-12,14,16,18H,7-9,17H2,1-3H3. The summed E-state index contributed by atoms with van der Waals surface area (Å²) in [5.74, 6) is 7.61. The van der Waals surface area contributed by atoms with Crippen LogP contribution in [0.25, 0.3) is 0 Å². The smallest absolute Gasteiger partial charge is 0.175 e. The van der Waals surface area contributed by atoms with E-state index >= 15 is 0 Å². The molecule has 1 aromatic rings. The third-order valence-electron chi connectivity index (χ3n) is 4.51. The van der Waals surface area contributed by atoms with Crippen LogP contribution in [-0.2, 0) is 9.84 Å². The lowest BCUT2D eigenvalue weighted by Crippen LogP contribution is -2.37. The van der Waals surface area contributed by atoms with E-state index in [9.17, 15) is 8.42 Å². The molecule has 3 N–H and O–H groups in total. The quantitative estimate of drug-likeness (QED) is 0.662. The monoisotopic (exact) mass is 310 g/mol. The molecule has 3 atom stereocenters. The molecule has 3 unspecified atom stereocenters. The molecule has 21 heavy (non-hydrogen) atoms. The van der Waals surface area contributed by atoms with Crippen molar-refractivity contribution in [2.24, 2.45) is 23.6 Å². The summed E-state index contributed by atoms with van der Waals surface area (Å²) in [6.07, 6.45) is 4.75. The first kappa shape index (κ1) is 16.5. The minimum Gasteiger partial charge on any atom is -0.271 e. The second-order valence-electron chi connectivity index (χ2n) is 6.67. The number of nitrogens with two attached hydrogens (primary N) is 1. The third kappa shape index (κ3) is 4.05. The molecule has 0 spiro atoms. The predicted octanol–water partition coefficient (Wildman–Crippen LogP) is 2.67. The highest BCUT2D eigenvalue weighted by Gasteiger charge is 2.30. The van der Waals surface area contributed by atoms with E-state index in [1.807, 2.05) is 6.07 Å². The fraction of sp³-hybridized carbons (Fsp3) is 0.625. The molecule has 0 saturated heterocycles. The highest BCUT2D eigenvalue weighted by atomic mass is 32.2. The number of nitrogens with one attached hydrogen (secondary N) is 1. The van der Waals surface area contributed by atoms with E-state index in [1.54, 1.807) is 18.2 Å². The van der Waals surface area contributed by atoms with Crippen LogP contribution in [0.5, 0.6) is 0 Å². The van der Waals surface area contributed by atoms with E-state index < -0.39 is 9.84 Å². The van der Waals surface area contributed by atoms with Crippen molar-refractivity contribution in [2.75, 3.05) is 6.26 Å². The Balaban J connectivity index is 2.29. The SMILES string of the molecule is CC1CC(C)CC(C(NN)c2cccc(S(C)(=O)=O)c2)C1. The molecule has 118 valence electrons. The van der Waals surface area contributed by atoms with Crippen molar-refractivity contribution < 1.29 is 8.42 Å². The maximum Gasteiger partial charge on any atom is 0.175 e. The molecule has 0 aromatic heterocycles. The van der Waals surface area contributed by atoms with Crippen LogP contribution in [0.4, 0.5) is 0 Å². The van der Waals surface area contributed by atoms with E-state index in [0.29, 0.717) is 22.6 Å². The van der Waals surface area contributed by atoms with Crippen LogP contribution < -0.4 is 11.3 Å². The van der Waals surface area contributed by atoms with Gasteiger partial charge in [-0.2, -0.15) is 0 Å². The van der Waals surface area contributed by atoms with Gasteiger partial charge in [0.1, 0.15) is 0 Å². The minimum atomic E-state index is -3.19. The maximum atomic E-state index is 11.7. The van der Waals surface area contributed by atoms with Crippen LogP contribution in [0, 0.1) is 17.8 Å². The highest BCUT2D eigenvalue weighted by molar-refractivity contribution is 7.90. The van der Waals surface area contributed by atoms with Crippen LogP contribution >= 0.6 is 0 Å². The largest absolute Gasteiger partial charge is 0.271 e. The van der Waals surface area contributed by atoms with Crippen molar-refractivity contribution in [3.05, 3.63) is 29.8 Å². The normalized spacial score (nSPS) is 28.3. The van der Waals surface area contributed by atoms with Crippen LogP contribution in [0.2, 0.25) is 0 Å². The van der Waals surface area contributed by atoms with Crippen LogP contribution in [0.1, 0.15) is 44.7 Å². The van der Waals surface area contributed by atoms with Gasteiger partial charge in [0.25, 0.3) is 0 Å². The van der Waals surface area contributed by atoms with E-state index in [-0.39, 0.29) is 6.04 Å². The molecular weight excluding hydrogens is 284 g/mol. The molecule has 0 radical (unpaired) electrons. The van der Waals surface area contributed by atoms with Gasteiger partial charge in [0, 0.05) is 12.3 Å². The Bertz CT molecular complexity index is 576. The van der Waals surface area contributed by atoms with Crippen molar-refractivity contribution in [3.63, 3.8) is 0 Å². The van der Waals surface area contributed by atoms with Crippen LogP contribution in [-0.4, -0.2) is 14.7 Å². The first-order chi connectivity index (χ1) is 9.81. The lowest BCUT2D eigenvalue weighted by molar-refractivity contribution is 0.177. The van der Waals surface area contributed by atoms with E-state index in [1.165, 1.54) is 12.7 Å². The topological polar surface area (TPSA) is 72.2 Å². The van der Waals surface area contributed by atoms with Gasteiger partial charge in [-0.15, -0.1) is 0 Å². The molecule has 5 heteroatoms. The molecule has 1 aliphatic rings. The Morgan fingerprint density at radius 1 is 1.19 bits per heavy atom. The Labute approximate surface area is 128 Å². The molecule has 1 aromatic carbocycles. The second kappa shape index (κ2) is 6.46. The molecule has 0 bridgehead atoms. The first-order valence-electron chi connectivity index (χ1n) is 7.57. The summed E-state index contributed by atoms with van der Waals surface area (Å²) in [5, 5.41) is 0. The summed E-state index contributed by atoms with van der Waals surface area (Å²) in [4.78, 5) is 0.358. The Hall–Kier alpha value is -0.910. The molecule has 2 rings (SSSR count). The Morgan fingerprint density at radius 3 is 2.33 bits per heavy atom. The molecule has 0 aliphatic heterocycles. The molecule has 1 aliphatic carbocycles. The Morgan fingerprint density at radius 2 is 1.81 bits per heavy atom. The van der Waals surface area contributed by atoms with Crippen molar-refractivity contribution in [1.29, 1.82) is 0 Å². The molecular formula is C16H26N2O2S. The maximum absolute atomic E-state index is 11.7. The third-order valence-corrected chi connectivity index (χ3v) is 5.62. The summed E-state index contributed by atoms with van der Waals surface area (Å²) in [6, 6.07) is 7.16. The van der Waals surface area contributed by atoms with Gasteiger partial charge in [0.05, 0.1) is 4.90 Å². The van der Waals surface area contributed by atoms with Crippen LogP contribution in [0.15, 0.2) is 29.2 Å². The molecule has 0 amide bonds. The average Bonchev–Trinajstić information content (AvgIpc) is 2.38. The lowest BCUT2D eigenvalue weighted by atomic mass is 9.72. The summed E-state index contributed by atoms with van der Waals surface area (Å²) in [7, 11) is -3.19. The van der Waals surface area contributed by atoms with Gasteiger partial charge < -0.3 is 0 Å². The van der Waals surface area contributed by atoms with E-state index in [4.69, 9.17) is 5.84 Å². The van der Waals surface area contributed by atoms with Crippen molar-refractivity contribution >= 4 is 9.84 Å². The summed E-state index contributed by atoms with van der Waals surface area (Å²) < 4.78 is 23.4. The number of hydrogen-bond acceptors (Lipinski definition) is 4. The molecule has 1 saturated carbocycles. The number of benzene rings is 1. The van der Waals surface area contributed by atoms with Gasteiger partial charge in [-0.1, -0.05) is 26.0 Å². The van der Waals surface area contributed by atoms with E-state index in [2.05, 4.69) is 19.3 Å². The number of hydrogen-bond donors (Lipinski definition) is 2. The summed E-state index contributed by atoms with van der Waals surface area (Å²) in [6.45, 7) is 4.56. The van der Waals surface area contributed by atoms with Crippen molar-refractivity contribution in [3.8, 4) is 0 Å². The second-order valence-corrected chi connectivity index (χ2v) is 8.68. The van der Waals surface area contributed by atoms with Crippen molar-refractivity contribution in [1.82, 2.24) is 5.43 Å². The number of rotatable bonds is 4. The molecule has 1 fully saturated rings. The Kier molecular flexibility index (Phi) is 5.07. The van der Waals surface area contributed by atoms with Crippen LogP contribution in [0.3, 0.4) is 0 Å². The first-order valence-corrected chi connectivity index (χ1v) is 9.46.